The van der Waals surface area contributed by atoms with Crippen molar-refractivity contribution in [3.8, 4) is 27.1 Å². The van der Waals surface area contributed by atoms with Gasteiger partial charge in [0.2, 0.25) is 5.89 Å². The van der Waals surface area contributed by atoms with Crippen molar-refractivity contribution in [2.24, 2.45) is 0 Å². The van der Waals surface area contributed by atoms with Crippen LogP contribution in [0.4, 0.5) is 0 Å². The number of hydrogen-bond donors (Lipinski definition) is 0. The number of benzene rings is 1. The van der Waals surface area contributed by atoms with Crippen molar-refractivity contribution in [2.45, 2.75) is 20.0 Å². The van der Waals surface area contributed by atoms with Crippen molar-refractivity contribution < 1.29 is 18.7 Å². The third-order valence-electron chi connectivity index (χ3n) is 4.21. The Kier molecular flexibility index (Phi) is 5.73. The molecule has 148 valence electrons. The number of carbonyl (C=O) groups is 1. The summed E-state index contributed by atoms with van der Waals surface area (Å²) < 4.78 is 16.4. The molecule has 4 rings (SSSR count). The molecule has 1 aromatic carbocycles. The molecule has 4 aromatic rings. The van der Waals surface area contributed by atoms with Crippen LogP contribution in [0.15, 0.2) is 51.6 Å². The maximum absolute atomic E-state index is 12.3. The third-order valence-corrected chi connectivity index (χ3v) is 5.99. The average molecular weight is 427 g/mol. The number of oxazole rings is 1. The number of nitrogens with zero attached hydrogens (tertiary/aromatic N) is 2. The van der Waals surface area contributed by atoms with Crippen molar-refractivity contribution in [1.82, 2.24) is 9.97 Å². The lowest BCUT2D eigenvalue weighted by Crippen LogP contribution is -2.09. The smallest absolute Gasteiger partial charge is 0.312 e. The van der Waals surface area contributed by atoms with Gasteiger partial charge in [-0.25, -0.2) is 9.97 Å². The van der Waals surface area contributed by atoms with Crippen LogP contribution < -0.4 is 4.74 Å². The third kappa shape index (κ3) is 4.38. The minimum atomic E-state index is -0.369. The van der Waals surface area contributed by atoms with Crippen LogP contribution in [0.1, 0.15) is 17.1 Å². The molecule has 29 heavy (non-hydrogen) atoms. The fraction of sp³-hybridized carbons (Fsp3) is 0.190. The first-order valence-corrected chi connectivity index (χ1v) is 10.6. The summed E-state index contributed by atoms with van der Waals surface area (Å²) in [6.07, 6.45) is 0.0597. The van der Waals surface area contributed by atoms with E-state index in [1.807, 2.05) is 47.2 Å². The summed E-state index contributed by atoms with van der Waals surface area (Å²) >= 11 is 3.02. The monoisotopic (exact) mass is 426 g/mol. The van der Waals surface area contributed by atoms with Crippen LogP contribution in [0.25, 0.3) is 21.3 Å². The second-order valence-electron chi connectivity index (χ2n) is 6.18. The highest BCUT2D eigenvalue weighted by Gasteiger charge is 2.17. The number of ether oxygens (including phenoxy) is 2. The Labute approximate surface area is 175 Å². The molecule has 3 aromatic heterocycles. The first kappa shape index (κ1) is 19.4. The van der Waals surface area contributed by atoms with E-state index in [1.54, 1.807) is 14.0 Å². The predicted octanol–water partition coefficient (Wildman–Crippen LogP) is 5.13. The van der Waals surface area contributed by atoms with E-state index in [0.717, 1.165) is 21.2 Å². The highest BCUT2D eigenvalue weighted by molar-refractivity contribution is 7.13. The molecule has 6 nitrogen and oxygen atoms in total. The Hall–Kier alpha value is -2.97. The summed E-state index contributed by atoms with van der Waals surface area (Å²) in [5.74, 6) is 1.54. The van der Waals surface area contributed by atoms with Gasteiger partial charge in [-0.2, -0.15) is 0 Å². The zero-order valence-electron chi connectivity index (χ0n) is 15.9. The molecule has 0 unspecified atom stereocenters. The van der Waals surface area contributed by atoms with Crippen molar-refractivity contribution in [3.63, 3.8) is 0 Å². The van der Waals surface area contributed by atoms with Gasteiger partial charge in [-0.05, 0) is 30.5 Å². The maximum Gasteiger partial charge on any atom is 0.312 e. The van der Waals surface area contributed by atoms with E-state index in [9.17, 15) is 4.79 Å². The molecule has 0 saturated carbocycles. The van der Waals surface area contributed by atoms with Gasteiger partial charge in [0.05, 0.1) is 35.4 Å². The average Bonchev–Trinajstić information content (AvgIpc) is 3.48. The fourth-order valence-corrected chi connectivity index (χ4v) is 4.24. The molecule has 0 saturated heterocycles. The first-order valence-electron chi connectivity index (χ1n) is 8.87. The van der Waals surface area contributed by atoms with Crippen LogP contribution in [0.2, 0.25) is 0 Å². The minimum Gasteiger partial charge on any atom is -0.496 e. The zero-order chi connectivity index (χ0) is 20.2. The van der Waals surface area contributed by atoms with Crippen LogP contribution in [0.3, 0.4) is 0 Å². The number of thiazole rings is 1. The molecule has 0 bridgehead atoms. The van der Waals surface area contributed by atoms with Gasteiger partial charge in [-0.1, -0.05) is 18.2 Å². The number of aryl methyl sites for hydroxylation is 1. The maximum atomic E-state index is 12.3. The molecular formula is C21H18N2O4S2. The highest BCUT2D eigenvalue weighted by Crippen LogP contribution is 2.32. The van der Waals surface area contributed by atoms with Crippen LogP contribution in [-0.4, -0.2) is 23.0 Å². The van der Waals surface area contributed by atoms with Crippen LogP contribution in [-0.2, 0) is 22.6 Å². The summed E-state index contributed by atoms with van der Waals surface area (Å²) in [5, 5.41) is 4.66. The molecule has 0 radical (unpaired) electrons. The Morgan fingerprint density at radius 2 is 2.00 bits per heavy atom. The fourth-order valence-electron chi connectivity index (χ4n) is 2.76. The topological polar surface area (TPSA) is 74.5 Å². The molecule has 0 aliphatic heterocycles. The van der Waals surface area contributed by atoms with Gasteiger partial charge < -0.3 is 13.9 Å². The van der Waals surface area contributed by atoms with Crippen molar-refractivity contribution in [1.29, 1.82) is 0 Å². The largest absolute Gasteiger partial charge is 0.496 e. The zero-order valence-corrected chi connectivity index (χ0v) is 17.5. The molecular weight excluding hydrogens is 408 g/mol. The molecule has 0 aliphatic rings. The van der Waals surface area contributed by atoms with Gasteiger partial charge in [0.25, 0.3) is 0 Å². The van der Waals surface area contributed by atoms with Gasteiger partial charge in [0.15, 0.2) is 0 Å². The lowest BCUT2D eigenvalue weighted by molar-refractivity contribution is -0.144. The normalized spacial score (nSPS) is 10.8. The summed E-state index contributed by atoms with van der Waals surface area (Å²) in [6, 6.07) is 11.5. The van der Waals surface area contributed by atoms with Gasteiger partial charge in [0, 0.05) is 5.38 Å². The SMILES string of the molecule is COc1ccccc1-c1nc(COC(=O)Cc2nc(-c3cccs3)oc2C)cs1. The van der Waals surface area contributed by atoms with E-state index in [1.165, 1.54) is 22.7 Å². The van der Waals surface area contributed by atoms with E-state index in [0.29, 0.717) is 23.0 Å². The number of para-hydroxylation sites is 1. The van der Waals surface area contributed by atoms with Crippen molar-refractivity contribution in [3.05, 3.63) is 64.3 Å². The number of hydrogen-bond acceptors (Lipinski definition) is 8. The Bertz CT molecular complexity index is 1120. The molecule has 0 amide bonds. The Morgan fingerprint density at radius 1 is 1.14 bits per heavy atom. The second-order valence-corrected chi connectivity index (χ2v) is 7.99. The van der Waals surface area contributed by atoms with Gasteiger partial charge in [0.1, 0.15) is 23.1 Å². The van der Waals surface area contributed by atoms with E-state index < -0.39 is 0 Å². The Morgan fingerprint density at radius 3 is 2.79 bits per heavy atom. The lowest BCUT2D eigenvalue weighted by Gasteiger charge is -2.04. The molecule has 0 N–H and O–H groups in total. The molecule has 3 heterocycles. The van der Waals surface area contributed by atoms with Crippen LogP contribution in [0.5, 0.6) is 5.75 Å². The molecule has 0 fully saturated rings. The standard InChI is InChI=1S/C21H18N2O4S2/c1-13-16(23-20(27-13)18-8-5-9-28-18)10-19(24)26-11-14-12-29-21(22-14)15-6-3-4-7-17(15)25-2/h3-9,12H,10-11H2,1-2H3. The molecule has 0 aliphatic carbocycles. The number of carbonyl (C=O) groups excluding carboxylic acids is 1. The number of rotatable bonds is 7. The first-order chi connectivity index (χ1) is 14.1. The molecule has 0 atom stereocenters. The van der Waals surface area contributed by atoms with Crippen LogP contribution in [0, 0.1) is 6.92 Å². The molecule has 8 heteroatoms. The number of methoxy groups -OCH3 is 1. The van der Waals surface area contributed by atoms with Gasteiger partial charge in [-0.3, -0.25) is 4.79 Å². The Balaban J connectivity index is 1.38. The summed E-state index contributed by atoms with van der Waals surface area (Å²) in [4.78, 5) is 22.2. The number of thiophene rings is 1. The minimum absolute atomic E-state index is 0.0597. The van der Waals surface area contributed by atoms with E-state index in [2.05, 4.69) is 9.97 Å². The molecule has 0 spiro atoms. The lowest BCUT2D eigenvalue weighted by atomic mass is 10.2. The van der Waals surface area contributed by atoms with Crippen molar-refractivity contribution >= 4 is 28.6 Å². The van der Waals surface area contributed by atoms with E-state index in [-0.39, 0.29) is 19.0 Å². The summed E-state index contributed by atoms with van der Waals surface area (Å²) in [6.45, 7) is 1.91. The predicted molar refractivity (Wildman–Crippen MR) is 112 cm³/mol. The second kappa shape index (κ2) is 8.59. The van der Waals surface area contributed by atoms with Crippen LogP contribution >= 0.6 is 22.7 Å². The van der Waals surface area contributed by atoms with E-state index in [4.69, 9.17) is 13.9 Å². The quantitative estimate of drug-likeness (QED) is 0.382. The van der Waals surface area contributed by atoms with Crippen molar-refractivity contribution in [2.75, 3.05) is 7.11 Å². The summed E-state index contributed by atoms with van der Waals surface area (Å²) in [5.41, 5.74) is 2.20. The van der Waals surface area contributed by atoms with Gasteiger partial charge >= 0.3 is 5.97 Å². The van der Waals surface area contributed by atoms with Gasteiger partial charge in [-0.15, -0.1) is 22.7 Å². The highest BCUT2D eigenvalue weighted by atomic mass is 32.1. The van der Waals surface area contributed by atoms with E-state index >= 15 is 0 Å². The summed E-state index contributed by atoms with van der Waals surface area (Å²) in [7, 11) is 1.63. The number of esters is 1. The number of aromatic nitrogens is 2.